The smallest absolute Gasteiger partial charge is 0.314 e. The third-order valence-corrected chi connectivity index (χ3v) is 9.76. The van der Waals surface area contributed by atoms with Crippen LogP contribution in [0, 0.1) is 5.41 Å². The summed E-state index contributed by atoms with van der Waals surface area (Å²) in [5, 5.41) is 15.1. The number of nitrogens with one attached hydrogen (secondary N) is 1. The third kappa shape index (κ3) is 8.51. The molecule has 0 amide bonds. The number of ether oxygens (including phenoxy) is 1. The highest BCUT2D eigenvalue weighted by atomic mass is 32.2. The molecule has 3 rings (SSSR count). The summed E-state index contributed by atoms with van der Waals surface area (Å²) in [5.41, 5.74) is 5.42. The van der Waals surface area contributed by atoms with E-state index in [2.05, 4.69) is 71.2 Å². The summed E-state index contributed by atoms with van der Waals surface area (Å²) in [6, 6.07) is 8.96. The van der Waals surface area contributed by atoms with Gasteiger partial charge in [0, 0.05) is 10.9 Å². The lowest BCUT2D eigenvalue weighted by atomic mass is 9.91. The van der Waals surface area contributed by atoms with Gasteiger partial charge in [-0.15, -0.1) is 11.8 Å². The fraction of sp³-hybridized carbons (Fsp3) is 0.594. The second-order valence-electron chi connectivity index (χ2n) is 12.2. The highest BCUT2D eigenvalue weighted by molar-refractivity contribution is 8.01. The van der Waals surface area contributed by atoms with E-state index in [9.17, 15) is 9.90 Å². The summed E-state index contributed by atoms with van der Waals surface area (Å²) in [5.74, 6) is 0.250. The number of thiophene rings is 1. The minimum Gasteiger partial charge on any atom is -0.481 e. The van der Waals surface area contributed by atoms with Gasteiger partial charge >= 0.3 is 5.97 Å². The van der Waals surface area contributed by atoms with Gasteiger partial charge in [0.2, 0.25) is 0 Å². The molecule has 0 fully saturated rings. The molecular weight excluding hydrogens is 524 g/mol. The van der Waals surface area contributed by atoms with Crippen LogP contribution in [0.15, 0.2) is 34.0 Å². The Bertz CT molecular complexity index is 1170. The summed E-state index contributed by atoms with van der Waals surface area (Å²) in [4.78, 5) is 11.9. The summed E-state index contributed by atoms with van der Waals surface area (Å²) in [6.07, 6.45) is 5.08. The fourth-order valence-electron chi connectivity index (χ4n) is 5.32. The van der Waals surface area contributed by atoms with Crippen molar-refractivity contribution in [1.29, 1.82) is 0 Å². The number of rotatable bonds is 13. The van der Waals surface area contributed by atoms with Crippen molar-refractivity contribution in [2.75, 3.05) is 33.2 Å². The van der Waals surface area contributed by atoms with E-state index in [1.807, 2.05) is 25.6 Å². The van der Waals surface area contributed by atoms with Gasteiger partial charge in [0.15, 0.2) is 5.06 Å². The largest absolute Gasteiger partial charge is 0.481 e. The third-order valence-electron chi connectivity index (χ3n) is 7.60. The Kier molecular flexibility index (Phi) is 11.0. The van der Waals surface area contributed by atoms with Crippen molar-refractivity contribution in [3.05, 3.63) is 46.5 Å². The highest BCUT2D eigenvalue weighted by Gasteiger charge is 2.37. The first-order valence-corrected chi connectivity index (χ1v) is 16.2. The molecule has 1 atom stereocenters. The lowest BCUT2D eigenvalue weighted by Crippen LogP contribution is -2.54. The molecule has 7 heteroatoms. The maximum Gasteiger partial charge on any atom is 0.314 e. The molecule has 0 bridgehead atoms. The Morgan fingerprint density at radius 3 is 2.59 bits per heavy atom. The molecule has 5 nitrogen and oxygen atoms in total. The second-order valence-corrected chi connectivity index (χ2v) is 15.1. The van der Waals surface area contributed by atoms with Crippen LogP contribution < -0.4 is 10.1 Å². The number of nitrogens with zero attached hydrogens (tertiary/aromatic N) is 1. The number of carboxylic acids is 1. The number of unbranched alkanes of at least 4 members (excludes halogenated alkanes) is 1. The molecule has 0 radical (unpaired) electrons. The van der Waals surface area contributed by atoms with E-state index in [1.54, 1.807) is 11.3 Å². The number of likely N-dealkylation sites (N-methyl/N-ethyl adjacent to an activating group) is 1. The lowest BCUT2D eigenvalue weighted by molar-refractivity contribution is -0.913. The SMILES string of the molecule is CCCC[N+](C)(CCNC1=C(C)CCc2ccc(CC)cc2Oc2sc(SC(C)C)cc21)CC(C)(C)C(=O)O. The molecule has 1 aromatic heterocycles. The first-order chi connectivity index (χ1) is 18.4. The Morgan fingerprint density at radius 1 is 1.21 bits per heavy atom. The number of quaternary nitrogens is 1. The van der Waals surface area contributed by atoms with Crippen LogP contribution in [0.3, 0.4) is 0 Å². The zero-order valence-corrected chi connectivity index (χ0v) is 26.9. The fourth-order valence-corrected chi connectivity index (χ4v) is 7.73. The molecule has 2 aromatic rings. The predicted octanol–water partition coefficient (Wildman–Crippen LogP) is 8.23. The number of fused-ring (bicyclic) bond motifs is 2. The van der Waals surface area contributed by atoms with Gasteiger partial charge in [-0.1, -0.05) is 57.6 Å². The number of carboxylic acid groups (broad SMARTS) is 1. The average molecular weight is 574 g/mol. The molecule has 0 saturated heterocycles. The average Bonchev–Trinajstić information content (AvgIpc) is 3.25. The van der Waals surface area contributed by atoms with Gasteiger partial charge in [-0.3, -0.25) is 4.79 Å². The van der Waals surface area contributed by atoms with Crippen LogP contribution in [0.4, 0.5) is 0 Å². The second kappa shape index (κ2) is 13.6. The van der Waals surface area contributed by atoms with Crippen molar-refractivity contribution in [1.82, 2.24) is 5.32 Å². The van der Waals surface area contributed by atoms with Crippen LogP contribution in [0.5, 0.6) is 10.8 Å². The van der Waals surface area contributed by atoms with Crippen LogP contribution in [-0.2, 0) is 17.6 Å². The number of aliphatic carboxylic acids is 1. The molecule has 1 aliphatic rings. The van der Waals surface area contributed by atoms with E-state index in [0.717, 1.165) is 72.6 Å². The molecular formula is C32H49N2O3S2+. The van der Waals surface area contributed by atoms with E-state index in [4.69, 9.17) is 4.74 Å². The normalized spacial score (nSPS) is 15.5. The van der Waals surface area contributed by atoms with Crippen molar-refractivity contribution in [3.63, 3.8) is 0 Å². The molecule has 2 N–H and O–H groups in total. The van der Waals surface area contributed by atoms with Gasteiger partial charge in [-0.25, -0.2) is 0 Å². The summed E-state index contributed by atoms with van der Waals surface area (Å²) >= 11 is 3.62. The zero-order valence-electron chi connectivity index (χ0n) is 25.3. The van der Waals surface area contributed by atoms with Gasteiger partial charge in [0.25, 0.3) is 0 Å². The molecule has 1 aromatic carbocycles. The Balaban J connectivity index is 1.92. The predicted molar refractivity (Wildman–Crippen MR) is 167 cm³/mol. The molecule has 0 spiro atoms. The number of hydrogen-bond donors (Lipinski definition) is 2. The standard InChI is InChI=1S/C32H48N2O3S2/c1-9-11-17-34(8,21-32(6,7)31(35)36)18-16-33-29-23(5)12-14-25-15-13-24(10-2)19-27(25)37-30-26(29)20-28(39-30)38-22(3)4/h13,15,19-20,22,33H,9-12,14,16-18,21H2,1-8H3/p+1. The molecule has 39 heavy (non-hydrogen) atoms. The van der Waals surface area contributed by atoms with Crippen LogP contribution >= 0.6 is 23.1 Å². The maximum absolute atomic E-state index is 11.9. The minimum atomic E-state index is -0.768. The lowest BCUT2D eigenvalue weighted by Gasteiger charge is -2.39. The van der Waals surface area contributed by atoms with E-state index in [-0.39, 0.29) is 0 Å². The first-order valence-electron chi connectivity index (χ1n) is 14.5. The van der Waals surface area contributed by atoms with E-state index < -0.39 is 11.4 Å². The number of allylic oxidation sites excluding steroid dienone is 1. The Morgan fingerprint density at radius 2 is 1.95 bits per heavy atom. The number of carbonyl (C=O) groups is 1. The summed E-state index contributed by atoms with van der Waals surface area (Å²) in [6.45, 7) is 18.0. The first kappa shape index (κ1) is 31.6. The monoisotopic (exact) mass is 573 g/mol. The summed E-state index contributed by atoms with van der Waals surface area (Å²) < 4.78 is 8.70. The minimum absolute atomic E-state index is 0.492. The van der Waals surface area contributed by atoms with E-state index >= 15 is 0 Å². The molecule has 0 aliphatic carbocycles. The van der Waals surface area contributed by atoms with Crippen LogP contribution in [0.25, 0.3) is 5.70 Å². The summed E-state index contributed by atoms with van der Waals surface area (Å²) in [7, 11) is 2.21. The molecule has 2 heterocycles. The number of aryl methyl sites for hydroxylation is 2. The van der Waals surface area contributed by atoms with Crippen LogP contribution in [-0.4, -0.2) is 54.0 Å². The molecule has 1 aliphatic heterocycles. The molecule has 216 valence electrons. The van der Waals surface area contributed by atoms with Crippen LogP contribution in [0.2, 0.25) is 0 Å². The number of thioether (sulfide) groups is 1. The number of hydrogen-bond acceptors (Lipinski definition) is 5. The van der Waals surface area contributed by atoms with E-state index in [0.29, 0.717) is 11.8 Å². The number of benzene rings is 1. The van der Waals surface area contributed by atoms with Crippen molar-refractivity contribution in [3.8, 4) is 10.8 Å². The van der Waals surface area contributed by atoms with Gasteiger partial charge < -0.3 is 19.6 Å². The van der Waals surface area contributed by atoms with Gasteiger partial charge in [0.1, 0.15) is 11.2 Å². The van der Waals surface area contributed by atoms with Crippen LogP contribution in [0.1, 0.15) is 84.4 Å². The van der Waals surface area contributed by atoms with Crippen molar-refractivity contribution >= 4 is 34.8 Å². The van der Waals surface area contributed by atoms with Gasteiger partial charge in [-0.05, 0) is 75.3 Å². The van der Waals surface area contributed by atoms with Crippen molar-refractivity contribution < 1.29 is 19.1 Å². The Labute approximate surface area is 244 Å². The molecule has 1 unspecified atom stereocenters. The Hall–Kier alpha value is -1.96. The van der Waals surface area contributed by atoms with E-state index in [1.165, 1.54) is 26.6 Å². The van der Waals surface area contributed by atoms with Gasteiger partial charge in [-0.2, -0.15) is 0 Å². The quantitative estimate of drug-likeness (QED) is 0.187. The molecule has 0 saturated carbocycles. The topological polar surface area (TPSA) is 58.6 Å². The highest BCUT2D eigenvalue weighted by Crippen LogP contribution is 2.45. The van der Waals surface area contributed by atoms with Gasteiger partial charge in [0.05, 0.1) is 43.0 Å². The maximum atomic E-state index is 11.9. The van der Waals surface area contributed by atoms with Crippen molar-refractivity contribution in [2.45, 2.75) is 90.0 Å². The van der Waals surface area contributed by atoms with Crippen molar-refractivity contribution in [2.24, 2.45) is 5.41 Å². The zero-order chi connectivity index (χ0) is 28.8.